The zero-order valence-corrected chi connectivity index (χ0v) is 10.4. The van der Waals surface area contributed by atoms with Crippen molar-refractivity contribution in [3.8, 4) is 0 Å². The lowest BCUT2D eigenvalue weighted by Gasteiger charge is -2.04. The molecule has 5 nitrogen and oxygen atoms in total. The Morgan fingerprint density at radius 3 is 2.75 bits per heavy atom. The van der Waals surface area contributed by atoms with Gasteiger partial charge in [0.05, 0.1) is 5.69 Å². The predicted octanol–water partition coefficient (Wildman–Crippen LogP) is 2.53. The molecule has 0 unspecified atom stereocenters. The van der Waals surface area contributed by atoms with E-state index in [0.29, 0.717) is 11.5 Å². The van der Waals surface area contributed by atoms with Crippen LogP contribution in [0.1, 0.15) is 10.6 Å². The molecule has 0 amide bonds. The summed E-state index contributed by atoms with van der Waals surface area (Å²) in [4.78, 5) is 13.3. The zero-order chi connectivity index (χ0) is 11.7. The van der Waals surface area contributed by atoms with Crippen molar-refractivity contribution in [1.29, 1.82) is 0 Å². The van der Waals surface area contributed by atoms with Gasteiger partial charge in [-0.05, 0) is 13.8 Å². The Morgan fingerprint density at radius 2 is 2.12 bits per heavy atom. The van der Waals surface area contributed by atoms with Gasteiger partial charge in [-0.15, -0.1) is 11.3 Å². The Balaban J connectivity index is 2.30. The highest BCUT2D eigenvalue weighted by atomic mass is 35.5. The number of aryl methyl sites for hydroxylation is 2. The van der Waals surface area contributed by atoms with Crippen molar-refractivity contribution in [2.45, 2.75) is 13.8 Å². The molecular formula is C9H10ClN5S. The van der Waals surface area contributed by atoms with Crippen LogP contribution in [0.2, 0.25) is 5.15 Å². The molecule has 0 bridgehead atoms. The molecule has 0 aromatic carbocycles. The van der Waals surface area contributed by atoms with Gasteiger partial charge in [-0.2, -0.15) is 0 Å². The summed E-state index contributed by atoms with van der Waals surface area (Å²) in [6.07, 6.45) is 1.36. The van der Waals surface area contributed by atoms with Gasteiger partial charge in [0, 0.05) is 4.88 Å². The normalized spacial score (nSPS) is 10.4. The number of thiazole rings is 1. The molecule has 0 atom stereocenters. The minimum Gasteiger partial charge on any atom is -0.393 e. The van der Waals surface area contributed by atoms with Crippen LogP contribution in [0.4, 0.5) is 16.6 Å². The molecule has 3 N–H and O–H groups in total. The van der Waals surface area contributed by atoms with Crippen LogP contribution in [-0.2, 0) is 0 Å². The highest BCUT2D eigenvalue weighted by Crippen LogP contribution is 2.28. The van der Waals surface area contributed by atoms with E-state index < -0.39 is 0 Å². The maximum absolute atomic E-state index is 5.78. The van der Waals surface area contributed by atoms with Crippen molar-refractivity contribution in [3.05, 3.63) is 22.1 Å². The van der Waals surface area contributed by atoms with Crippen molar-refractivity contribution in [2.75, 3.05) is 11.1 Å². The second-order valence-electron chi connectivity index (χ2n) is 3.21. The Morgan fingerprint density at radius 1 is 1.38 bits per heavy atom. The van der Waals surface area contributed by atoms with Crippen LogP contribution in [0, 0.1) is 13.8 Å². The third-order valence-corrected chi connectivity index (χ3v) is 3.38. The van der Waals surface area contributed by atoms with Gasteiger partial charge in [0.15, 0.2) is 16.1 Å². The number of hydrogen-bond donors (Lipinski definition) is 2. The minimum atomic E-state index is 0.238. The number of nitrogens with zero attached hydrogens (tertiary/aromatic N) is 3. The Labute approximate surface area is 102 Å². The van der Waals surface area contributed by atoms with Gasteiger partial charge in [-0.1, -0.05) is 11.6 Å². The van der Waals surface area contributed by atoms with E-state index in [1.54, 1.807) is 11.3 Å². The topological polar surface area (TPSA) is 76.7 Å². The Kier molecular flexibility index (Phi) is 2.93. The minimum absolute atomic E-state index is 0.238. The molecule has 0 saturated carbocycles. The maximum Gasteiger partial charge on any atom is 0.188 e. The standard InChI is InChI=1S/C9H10ClN5S/c1-4-5(2)16-9(14-4)15-8-6(11)7(10)12-3-13-8/h3H,11H2,1-2H3,(H,12,13,14,15). The van der Waals surface area contributed by atoms with Crippen LogP contribution in [0.3, 0.4) is 0 Å². The number of nitrogens with two attached hydrogens (primary N) is 1. The number of halogens is 1. The average Bonchev–Trinajstić information content (AvgIpc) is 2.54. The van der Waals surface area contributed by atoms with Gasteiger partial charge in [0.1, 0.15) is 12.0 Å². The number of nitrogens with one attached hydrogen (secondary N) is 1. The molecule has 0 aliphatic carbocycles. The van der Waals surface area contributed by atoms with Crippen molar-refractivity contribution in [1.82, 2.24) is 15.0 Å². The fourth-order valence-corrected chi connectivity index (χ4v) is 2.05. The molecule has 0 saturated heterocycles. The molecular weight excluding hydrogens is 246 g/mol. The van der Waals surface area contributed by atoms with E-state index in [-0.39, 0.29) is 5.15 Å². The molecule has 2 aromatic heterocycles. The van der Waals surface area contributed by atoms with Gasteiger partial charge in [0.25, 0.3) is 0 Å². The molecule has 0 fully saturated rings. The fourth-order valence-electron chi connectivity index (χ4n) is 1.10. The molecule has 0 aliphatic rings. The van der Waals surface area contributed by atoms with E-state index >= 15 is 0 Å². The smallest absolute Gasteiger partial charge is 0.188 e. The first kappa shape index (κ1) is 11.1. The first-order valence-corrected chi connectivity index (χ1v) is 5.74. The highest BCUT2D eigenvalue weighted by molar-refractivity contribution is 7.15. The number of hydrogen-bond acceptors (Lipinski definition) is 6. The quantitative estimate of drug-likeness (QED) is 0.807. The molecule has 0 radical (unpaired) electrons. The molecule has 0 aliphatic heterocycles. The van der Waals surface area contributed by atoms with Crippen LogP contribution in [0.5, 0.6) is 0 Å². The van der Waals surface area contributed by atoms with E-state index in [9.17, 15) is 0 Å². The third-order valence-electron chi connectivity index (χ3n) is 2.09. The Bertz CT molecular complexity index is 505. The Hall–Kier alpha value is -1.40. The first-order valence-electron chi connectivity index (χ1n) is 4.55. The van der Waals surface area contributed by atoms with Crippen molar-refractivity contribution in [2.24, 2.45) is 0 Å². The van der Waals surface area contributed by atoms with Gasteiger partial charge in [-0.3, -0.25) is 0 Å². The average molecular weight is 256 g/mol. The van der Waals surface area contributed by atoms with Crippen molar-refractivity contribution >= 4 is 39.6 Å². The summed E-state index contributed by atoms with van der Waals surface area (Å²) >= 11 is 7.33. The van der Waals surface area contributed by atoms with Gasteiger partial charge in [0.2, 0.25) is 0 Å². The summed E-state index contributed by atoms with van der Waals surface area (Å²) in [6, 6.07) is 0. The lowest BCUT2D eigenvalue weighted by Crippen LogP contribution is -2.00. The maximum atomic E-state index is 5.78. The van der Waals surface area contributed by atoms with E-state index in [1.165, 1.54) is 6.33 Å². The highest BCUT2D eigenvalue weighted by Gasteiger charge is 2.09. The predicted molar refractivity (Wildman–Crippen MR) is 66.3 cm³/mol. The van der Waals surface area contributed by atoms with Gasteiger partial charge >= 0.3 is 0 Å². The molecule has 2 aromatic rings. The van der Waals surface area contributed by atoms with Crippen LogP contribution >= 0.6 is 22.9 Å². The summed E-state index contributed by atoms with van der Waals surface area (Å²) in [7, 11) is 0. The second-order valence-corrected chi connectivity index (χ2v) is 4.77. The SMILES string of the molecule is Cc1nc(Nc2ncnc(Cl)c2N)sc1C. The molecule has 0 spiro atoms. The fraction of sp³-hybridized carbons (Fsp3) is 0.222. The number of nitrogen functional groups attached to an aromatic ring is 1. The van der Waals surface area contributed by atoms with E-state index in [4.69, 9.17) is 17.3 Å². The van der Waals surface area contributed by atoms with Crippen LogP contribution in [0.15, 0.2) is 6.33 Å². The van der Waals surface area contributed by atoms with E-state index in [1.807, 2.05) is 13.8 Å². The molecule has 7 heteroatoms. The van der Waals surface area contributed by atoms with E-state index in [2.05, 4.69) is 20.3 Å². The van der Waals surface area contributed by atoms with Crippen molar-refractivity contribution in [3.63, 3.8) is 0 Å². The zero-order valence-electron chi connectivity index (χ0n) is 8.78. The molecule has 2 rings (SSSR count). The lowest BCUT2D eigenvalue weighted by atomic mass is 10.4. The third kappa shape index (κ3) is 2.07. The molecule has 2 heterocycles. The summed E-state index contributed by atoms with van der Waals surface area (Å²) < 4.78 is 0. The lowest BCUT2D eigenvalue weighted by molar-refractivity contribution is 1.16. The summed E-state index contributed by atoms with van der Waals surface area (Å²) in [5.41, 5.74) is 7.05. The van der Waals surface area contributed by atoms with Gasteiger partial charge in [-0.25, -0.2) is 15.0 Å². The number of aromatic nitrogens is 3. The molecule has 84 valence electrons. The van der Waals surface area contributed by atoms with Crippen LogP contribution < -0.4 is 11.1 Å². The summed E-state index contributed by atoms with van der Waals surface area (Å²) in [5.74, 6) is 0.480. The monoisotopic (exact) mass is 255 g/mol. The number of anilines is 3. The van der Waals surface area contributed by atoms with Gasteiger partial charge < -0.3 is 11.1 Å². The van der Waals surface area contributed by atoms with E-state index in [0.717, 1.165) is 15.7 Å². The molecule has 16 heavy (non-hydrogen) atoms. The largest absolute Gasteiger partial charge is 0.393 e. The second kappa shape index (κ2) is 4.23. The summed E-state index contributed by atoms with van der Waals surface area (Å²) in [5, 5.41) is 4.01. The van der Waals surface area contributed by atoms with Crippen LogP contribution in [-0.4, -0.2) is 15.0 Å². The van der Waals surface area contributed by atoms with Crippen molar-refractivity contribution < 1.29 is 0 Å². The number of rotatable bonds is 2. The first-order chi connectivity index (χ1) is 7.58. The van der Waals surface area contributed by atoms with Crippen LogP contribution in [0.25, 0.3) is 0 Å². The summed E-state index contributed by atoms with van der Waals surface area (Å²) in [6.45, 7) is 3.96.